The lowest BCUT2D eigenvalue weighted by atomic mass is 9.64. The Bertz CT molecular complexity index is 969. The molecule has 4 rings (SSSR count). The van der Waals surface area contributed by atoms with Gasteiger partial charge in [0.15, 0.2) is 5.41 Å². The molecule has 3 atom stereocenters. The number of rotatable bonds is 1. The van der Waals surface area contributed by atoms with Crippen molar-refractivity contribution in [3.05, 3.63) is 33.9 Å². The molecule has 0 aromatic heterocycles. The number of non-ortho nitro benzene ring substituents is 1. The number of urea groups is 1. The molecular formula is C21H26N4O5. The number of piperidine rings is 1. The molecule has 3 unspecified atom stereocenters. The van der Waals surface area contributed by atoms with Gasteiger partial charge in [-0.2, -0.15) is 0 Å². The number of nitro groups is 1. The van der Waals surface area contributed by atoms with Crippen LogP contribution < -0.4 is 10.2 Å². The van der Waals surface area contributed by atoms with E-state index in [1.165, 1.54) is 12.1 Å². The van der Waals surface area contributed by atoms with Crippen molar-refractivity contribution in [2.24, 2.45) is 11.3 Å². The van der Waals surface area contributed by atoms with Crippen LogP contribution >= 0.6 is 0 Å². The van der Waals surface area contributed by atoms with Gasteiger partial charge in [0, 0.05) is 36.3 Å². The Balaban J connectivity index is 1.91. The average Bonchev–Trinajstić information content (AvgIpc) is 2.64. The van der Waals surface area contributed by atoms with Gasteiger partial charge in [-0.05, 0) is 51.2 Å². The summed E-state index contributed by atoms with van der Waals surface area (Å²) < 4.78 is 0. The van der Waals surface area contributed by atoms with E-state index in [-0.39, 0.29) is 12.1 Å². The number of hydrogen-bond donors (Lipinski definition) is 1. The quantitative estimate of drug-likeness (QED) is 0.429. The van der Waals surface area contributed by atoms with Crippen molar-refractivity contribution in [3.63, 3.8) is 0 Å². The number of imide groups is 2. The summed E-state index contributed by atoms with van der Waals surface area (Å²) in [6.07, 6.45) is 1.55. The number of nitrogens with one attached hydrogen (secondary N) is 1. The lowest BCUT2D eigenvalue weighted by Crippen LogP contribution is -2.75. The Morgan fingerprint density at radius 1 is 1.23 bits per heavy atom. The molecule has 3 aliphatic rings. The summed E-state index contributed by atoms with van der Waals surface area (Å²) in [6.45, 7) is 7.97. The zero-order valence-corrected chi connectivity index (χ0v) is 17.6. The third-order valence-corrected chi connectivity index (χ3v) is 6.57. The summed E-state index contributed by atoms with van der Waals surface area (Å²) >= 11 is 0. The molecule has 0 aliphatic carbocycles. The Morgan fingerprint density at radius 2 is 1.93 bits per heavy atom. The fraction of sp³-hybridized carbons (Fsp3) is 0.571. The monoisotopic (exact) mass is 414 g/mol. The number of nitro benzene ring substituents is 1. The first kappa shape index (κ1) is 20.3. The van der Waals surface area contributed by atoms with Gasteiger partial charge in [-0.3, -0.25) is 29.9 Å². The van der Waals surface area contributed by atoms with Crippen molar-refractivity contribution < 1.29 is 19.3 Å². The maximum absolute atomic E-state index is 13.8. The van der Waals surface area contributed by atoms with E-state index in [0.29, 0.717) is 24.4 Å². The van der Waals surface area contributed by atoms with Crippen LogP contribution in [-0.2, 0) is 16.0 Å². The van der Waals surface area contributed by atoms with E-state index in [0.717, 1.165) is 17.0 Å². The van der Waals surface area contributed by atoms with Gasteiger partial charge in [0.05, 0.1) is 11.0 Å². The molecule has 3 heterocycles. The number of carbonyl (C=O) groups excluding carboxylic acids is 3. The van der Waals surface area contributed by atoms with Gasteiger partial charge >= 0.3 is 6.03 Å². The van der Waals surface area contributed by atoms with Crippen molar-refractivity contribution in [2.75, 3.05) is 11.4 Å². The van der Waals surface area contributed by atoms with Gasteiger partial charge in [-0.15, -0.1) is 0 Å². The van der Waals surface area contributed by atoms with Crippen molar-refractivity contribution >= 4 is 29.2 Å². The van der Waals surface area contributed by atoms with Crippen LogP contribution in [0.3, 0.4) is 0 Å². The zero-order chi connectivity index (χ0) is 22.0. The number of anilines is 1. The number of nitrogens with zero attached hydrogens (tertiary/aromatic N) is 3. The van der Waals surface area contributed by atoms with Crippen LogP contribution in [0.2, 0.25) is 0 Å². The number of hydrogen-bond acceptors (Lipinski definition) is 6. The standard InChI is InChI=1S/C21H26N4O5/c1-12-7-8-23-15-6-5-14(25(29)30)10-13(15)11-21(16(23)9-12)17(26)22-19(28)24(18(21)27)20(2,3)4/h5-6,10,12,16H,7-9,11H2,1-4H3,(H,22,26,28). The number of benzene rings is 1. The number of carbonyl (C=O) groups is 3. The van der Waals surface area contributed by atoms with Gasteiger partial charge in [0.1, 0.15) is 0 Å². The van der Waals surface area contributed by atoms with Gasteiger partial charge < -0.3 is 4.90 Å². The number of fused-ring (bicyclic) bond motifs is 4. The Morgan fingerprint density at radius 3 is 2.57 bits per heavy atom. The van der Waals surface area contributed by atoms with E-state index in [2.05, 4.69) is 12.2 Å². The molecule has 2 saturated heterocycles. The summed E-state index contributed by atoms with van der Waals surface area (Å²) in [7, 11) is 0. The molecule has 160 valence electrons. The lowest BCUT2D eigenvalue weighted by molar-refractivity contribution is -0.384. The second-order valence-electron chi connectivity index (χ2n) is 9.63. The predicted molar refractivity (Wildman–Crippen MR) is 109 cm³/mol. The fourth-order valence-electron chi connectivity index (χ4n) is 5.13. The molecular weight excluding hydrogens is 388 g/mol. The highest BCUT2D eigenvalue weighted by molar-refractivity contribution is 6.20. The van der Waals surface area contributed by atoms with E-state index in [1.54, 1.807) is 26.8 Å². The molecule has 0 bridgehead atoms. The van der Waals surface area contributed by atoms with Crippen molar-refractivity contribution in [3.8, 4) is 0 Å². The maximum atomic E-state index is 13.8. The first-order valence-electron chi connectivity index (χ1n) is 10.2. The molecule has 1 aromatic carbocycles. The highest BCUT2D eigenvalue weighted by Crippen LogP contribution is 2.49. The molecule has 30 heavy (non-hydrogen) atoms. The first-order valence-corrected chi connectivity index (χ1v) is 10.2. The Hall–Kier alpha value is -2.97. The van der Waals surface area contributed by atoms with E-state index in [1.807, 2.05) is 4.90 Å². The van der Waals surface area contributed by atoms with E-state index in [4.69, 9.17) is 0 Å². The van der Waals surface area contributed by atoms with Crippen LogP contribution in [-0.4, -0.2) is 45.8 Å². The lowest BCUT2D eigenvalue weighted by Gasteiger charge is -2.55. The van der Waals surface area contributed by atoms with Gasteiger partial charge in [-0.25, -0.2) is 4.79 Å². The highest BCUT2D eigenvalue weighted by atomic mass is 16.6. The first-order chi connectivity index (χ1) is 14.0. The molecule has 2 fully saturated rings. The molecule has 1 spiro atoms. The molecule has 3 aliphatic heterocycles. The van der Waals surface area contributed by atoms with Crippen molar-refractivity contribution in [1.29, 1.82) is 0 Å². The zero-order valence-electron chi connectivity index (χ0n) is 17.6. The topological polar surface area (TPSA) is 113 Å². The minimum Gasteiger partial charge on any atom is -0.367 e. The van der Waals surface area contributed by atoms with Crippen LogP contribution in [0.15, 0.2) is 18.2 Å². The minimum absolute atomic E-state index is 0.0302. The minimum atomic E-state index is -1.50. The SMILES string of the molecule is CC1CCN2c3ccc([N+](=O)[O-])cc3CC3(C(=O)NC(=O)N(C(C)(C)C)C3=O)C2C1. The molecule has 9 heteroatoms. The summed E-state index contributed by atoms with van der Waals surface area (Å²) in [5, 5.41) is 13.7. The second kappa shape index (κ2) is 6.52. The molecule has 0 saturated carbocycles. The van der Waals surface area contributed by atoms with Crippen molar-refractivity contribution in [2.45, 2.75) is 58.5 Å². The molecule has 4 amide bonds. The summed E-state index contributed by atoms with van der Waals surface area (Å²) in [6, 6.07) is 3.48. The third-order valence-electron chi connectivity index (χ3n) is 6.57. The van der Waals surface area contributed by atoms with Crippen LogP contribution in [0.25, 0.3) is 0 Å². The number of amides is 4. The van der Waals surface area contributed by atoms with Gasteiger partial charge in [0.2, 0.25) is 11.8 Å². The second-order valence-corrected chi connectivity index (χ2v) is 9.63. The smallest absolute Gasteiger partial charge is 0.331 e. The maximum Gasteiger partial charge on any atom is 0.331 e. The van der Waals surface area contributed by atoms with E-state index >= 15 is 0 Å². The number of barbiturate groups is 1. The molecule has 0 radical (unpaired) electrons. The van der Waals surface area contributed by atoms with Crippen LogP contribution in [0.5, 0.6) is 0 Å². The predicted octanol–water partition coefficient (Wildman–Crippen LogP) is 2.62. The summed E-state index contributed by atoms with van der Waals surface area (Å²) in [4.78, 5) is 53.7. The molecule has 9 nitrogen and oxygen atoms in total. The molecule has 1 aromatic rings. The largest absolute Gasteiger partial charge is 0.367 e. The van der Waals surface area contributed by atoms with Gasteiger partial charge in [-0.1, -0.05) is 6.92 Å². The van der Waals surface area contributed by atoms with Crippen LogP contribution in [0, 0.1) is 21.4 Å². The van der Waals surface area contributed by atoms with Gasteiger partial charge in [0.25, 0.3) is 5.69 Å². The third kappa shape index (κ3) is 2.79. The van der Waals surface area contributed by atoms with Crippen LogP contribution in [0.1, 0.15) is 46.1 Å². The normalized spacial score (nSPS) is 28.9. The van der Waals surface area contributed by atoms with E-state index in [9.17, 15) is 24.5 Å². The van der Waals surface area contributed by atoms with E-state index < -0.39 is 39.8 Å². The fourth-order valence-corrected chi connectivity index (χ4v) is 5.13. The average molecular weight is 414 g/mol. The van der Waals surface area contributed by atoms with Crippen LogP contribution in [0.4, 0.5) is 16.2 Å². The molecule has 1 N–H and O–H groups in total. The summed E-state index contributed by atoms with van der Waals surface area (Å²) in [5.41, 5.74) is -0.995. The Labute approximate surface area is 174 Å². The Kier molecular flexibility index (Phi) is 4.41. The highest BCUT2D eigenvalue weighted by Gasteiger charge is 2.63. The van der Waals surface area contributed by atoms with Crippen molar-refractivity contribution in [1.82, 2.24) is 10.2 Å². The summed E-state index contributed by atoms with van der Waals surface area (Å²) in [5.74, 6) is -0.826.